The molecule has 0 aliphatic carbocycles. The van der Waals surface area contributed by atoms with Crippen LogP contribution in [0.1, 0.15) is 6.92 Å². The van der Waals surface area contributed by atoms with Gasteiger partial charge in [0.25, 0.3) is 0 Å². The Kier molecular flexibility index (Phi) is 8.97. The second-order valence-corrected chi connectivity index (χ2v) is 9.78. The van der Waals surface area contributed by atoms with Gasteiger partial charge in [-0.25, -0.2) is 15.0 Å². The van der Waals surface area contributed by atoms with Crippen molar-refractivity contribution in [2.45, 2.75) is 6.92 Å². The van der Waals surface area contributed by atoms with Crippen LogP contribution in [0.4, 0.5) is 11.4 Å². The molecule has 6 aromatic rings. The third-order valence-corrected chi connectivity index (χ3v) is 6.75. The highest BCUT2D eigenvalue weighted by Gasteiger charge is 2.13. The Labute approximate surface area is 247 Å². The summed E-state index contributed by atoms with van der Waals surface area (Å²) in [5, 5.41) is 2.93. The number of hydrogen-bond acceptors (Lipinski definition) is 6. The average Bonchev–Trinajstić information content (AvgIpc) is 3.05. The smallest absolute Gasteiger partial charge is 0.164 e. The lowest BCUT2D eigenvalue weighted by Crippen LogP contribution is -2.01. The van der Waals surface area contributed by atoms with E-state index in [0.29, 0.717) is 17.5 Å². The fourth-order valence-electron chi connectivity index (χ4n) is 4.41. The molecule has 1 heterocycles. The van der Waals surface area contributed by atoms with Gasteiger partial charge in [-0.2, -0.15) is 0 Å². The largest absolute Gasteiger partial charge is 0.399 e. The highest BCUT2D eigenvalue weighted by Crippen LogP contribution is 2.29. The molecular formula is C36H34N6. The van der Waals surface area contributed by atoms with Gasteiger partial charge in [0.2, 0.25) is 0 Å². The molecule has 5 N–H and O–H groups in total. The predicted molar refractivity (Wildman–Crippen MR) is 175 cm³/mol. The molecule has 0 atom stereocenters. The number of nitrogens with one attached hydrogen (secondary N) is 1. The standard InChI is InChI=1S/C33H25N5.C3H9N/c34-29-10-4-8-27(20-29)22-12-16-25(17-13-22)32-36-31(24-6-2-1-3-7-24)37-33(38-32)26-18-14-23(15-19-26)28-9-5-11-30(35)21-28;1-3-4-2/h1-21H,34-35H2;4H,3H2,1-2H3. The van der Waals surface area contributed by atoms with E-state index in [-0.39, 0.29) is 0 Å². The zero-order valence-electron chi connectivity index (χ0n) is 23.8. The molecule has 42 heavy (non-hydrogen) atoms. The van der Waals surface area contributed by atoms with Gasteiger partial charge in [-0.15, -0.1) is 0 Å². The molecular weight excluding hydrogens is 516 g/mol. The van der Waals surface area contributed by atoms with Crippen LogP contribution >= 0.6 is 0 Å². The van der Waals surface area contributed by atoms with Gasteiger partial charge < -0.3 is 16.8 Å². The Morgan fingerprint density at radius 3 is 1.14 bits per heavy atom. The van der Waals surface area contributed by atoms with E-state index in [9.17, 15) is 0 Å². The van der Waals surface area contributed by atoms with Crippen LogP contribution < -0.4 is 16.8 Å². The molecule has 6 nitrogen and oxygen atoms in total. The molecule has 0 unspecified atom stereocenters. The first kappa shape index (κ1) is 28.2. The molecule has 208 valence electrons. The number of aromatic nitrogens is 3. The first-order valence-corrected chi connectivity index (χ1v) is 13.9. The Morgan fingerprint density at radius 2 is 0.786 bits per heavy atom. The van der Waals surface area contributed by atoms with Gasteiger partial charge in [-0.05, 0) is 60.1 Å². The monoisotopic (exact) mass is 550 g/mol. The first-order chi connectivity index (χ1) is 20.5. The summed E-state index contributed by atoms with van der Waals surface area (Å²) >= 11 is 0. The lowest BCUT2D eigenvalue weighted by Gasteiger charge is -2.10. The van der Waals surface area contributed by atoms with E-state index < -0.39 is 0 Å². The lowest BCUT2D eigenvalue weighted by molar-refractivity contribution is 0.864. The maximum absolute atomic E-state index is 5.98. The SMILES string of the molecule is CCNC.Nc1cccc(-c2ccc(-c3nc(-c4ccccc4)nc(-c4ccc(-c5cccc(N)c5)cc4)n3)cc2)c1. The minimum absolute atomic E-state index is 0.618. The second-order valence-electron chi connectivity index (χ2n) is 9.78. The molecule has 6 rings (SSSR count). The van der Waals surface area contributed by atoms with Gasteiger partial charge >= 0.3 is 0 Å². The van der Waals surface area contributed by atoms with Gasteiger partial charge in [-0.3, -0.25) is 0 Å². The topological polar surface area (TPSA) is 103 Å². The molecule has 1 aromatic heterocycles. The third kappa shape index (κ3) is 6.86. The number of nitrogen functional groups attached to an aromatic ring is 2. The Bertz CT molecular complexity index is 1640. The van der Waals surface area contributed by atoms with Crippen molar-refractivity contribution in [3.8, 4) is 56.4 Å². The normalized spacial score (nSPS) is 10.5. The van der Waals surface area contributed by atoms with E-state index in [1.54, 1.807) is 0 Å². The molecule has 0 bridgehead atoms. The quantitative estimate of drug-likeness (QED) is 0.185. The van der Waals surface area contributed by atoms with Gasteiger partial charge in [0.05, 0.1) is 0 Å². The predicted octanol–water partition coefficient (Wildman–Crippen LogP) is 7.60. The van der Waals surface area contributed by atoms with Crippen LogP contribution in [0, 0.1) is 0 Å². The van der Waals surface area contributed by atoms with Crippen molar-refractivity contribution in [3.63, 3.8) is 0 Å². The molecule has 0 saturated heterocycles. The van der Waals surface area contributed by atoms with Crippen molar-refractivity contribution in [1.29, 1.82) is 0 Å². The average molecular weight is 551 g/mol. The zero-order valence-corrected chi connectivity index (χ0v) is 23.8. The first-order valence-electron chi connectivity index (χ1n) is 13.9. The van der Waals surface area contributed by atoms with Crippen molar-refractivity contribution >= 4 is 11.4 Å². The lowest BCUT2D eigenvalue weighted by atomic mass is 10.0. The molecule has 0 radical (unpaired) electrons. The van der Waals surface area contributed by atoms with Gasteiger partial charge in [-0.1, -0.05) is 110 Å². The molecule has 0 aliphatic heterocycles. The van der Waals surface area contributed by atoms with Crippen LogP contribution in [0.3, 0.4) is 0 Å². The van der Waals surface area contributed by atoms with E-state index in [4.69, 9.17) is 26.4 Å². The molecule has 0 spiro atoms. The van der Waals surface area contributed by atoms with Crippen molar-refractivity contribution in [1.82, 2.24) is 20.3 Å². The summed E-state index contributed by atoms with van der Waals surface area (Å²) < 4.78 is 0. The van der Waals surface area contributed by atoms with E-state index in [2.05, 4.69) is 36.5 Å². The summed E-state index contributed by atoms with van der Waals surface area (Å²) in [6.45, 7) is 3.14. The van der Waals surface area contributed by atoms with Gasteiger partial charge in [0.1, 0.15) is 0 Å². The van der Waals surface area contributed by atoms with E-state index >= 15 is 0 Å². The van der Waals surface area contributed by atoms with E-state index in [0.717, 1.165) is 56.9 Å². The summed E-state index contributed by atoms with van der Waals surface area (Å²) in [4.78, 5) is 14.5. The molecule has 6 heteroatoms. The Morgan fingerprint density at radius 1 is 0.452 bits per heavy atom. The zero-order chi connectivity index (χ0) is 29.3. The minimum Gasteiger partial charge on any atom is -0.399 e. The molecule has 0 fully saturated rings. The van der Waals surface area contributed by atoms with Crippen LogP contribution in [-0.4, -0.2) is 28.5 Å². The van der Waals surface area contributed by atoms with E-state index in [1.165, 1.54) is 0 Å². The molecule has 0 amide bonds. The molecule has 0 saturated carbocycles. The van der Waals surface area contributed by atoms with Crippen molar-refractivity contribution < 1.29 is 0 Å². The summed E-state index contributed by atoms with van der Waals surface area (Å²) in [5.74, 6) is 1.87. The number of nitrogens with two attached hydrogens (primary N) is 2. The van der Waals surface area contributed by atoms with Gasteiger partial charge in [0.15, 0.2) is 17.5 Å². The number of rotatable bonds is 6. The summed E-state index contributed by atoms with van der Waals surface area (Å²) in [6.07, 6.45) is 0. The molecule has 5 aromatic carbocycles. The van der Waals surface area contributed by atoms with Crippen molar-refractivity contribution in [3.05, 3.63) is 127 Å². The highest BCUT2D eigenvalue weighted by atomic mass is 15.0. The maximum atomic E-state index is 5.98. The fourth-order valence-corrected chi connectivity index (χ4v) is 4.41. The van der Waals surface area contributed by atoms with Crippen LogP contribution in [0.5, 0.6) is 0 Å². The van der Waals surface area contributed by atoms with Crippen LogP contribution in [0.25, 0.3) is 56.4 Å². The van der Waals surface area contributed by atoms with Crippen LogP contribution in [0.15, 0.2) is 127 Å². The number of anilines is 2. The molecule has 0 aliphatic rings. The van der Waals surface area contributed by atoms with Crippen molar-refractivity contribution in [2.24, 2.45) is 0 Å². The highest BCUT2D eigenvalue weighted by molar-refractivity contribution is 5.73. The summed E-state index contributed by atoms with van der Waals surface area (Å²) in [5.41, 5.74) is 20.5. The summed E-state index contributed by atoms with van der Waals surface area (Å²) in [6, 6.07) is 42.1. The third-order valence-electron chi connectivity index (χ3n) is 6.75. The summed E-state index contributed by atoms with van der Waals surface area (Å²) in [7, 11) is 1.93. The Balaban J connectivity index is 0.000000830. The minimum atomic E-state index is 0.618. The fraction of sp³-hybridized carbons (Fsp3) is 0.0833. The van der Waals surface area contributed by atoms with Crippen LogP contribution in [-0.2, 0) is 0 Å². The van der Waals surface area contributed by atoms with Gasteiger partial charge in [0, 0.05) is 28.1 Å². The number of benzene rings is 5. The second kappa shape index (κ2) is 13.4. The number of hydrogen-bond donors (Lipinski definition) is 3. The van der Waals surface area contributed by atoms with Crippen LogP contribution in [0.2, 0.25) is 0 Å². The van der Waals surface area contributed by atoms with E-state index in [1.807, 2.05) is 110 Å². The maximum Gasteiger partial charge on any atom is 0.164 e. The number of nitrogens with zero attached hydrogens (tertiary/aromatic N) is 3. The van der Waals surface area contributed by atoms with Crippen molar-refractivity contribution in [2.75, 3.05) is 25.1 Å². The Hall–Kier alpha value is -5.33.